The Morgan fingerprint density at radius 1 is 0.977 bits per heavy atom. The first-order chi connectivity index (χ1) is 20.5. The summed E-state index contributed by atoms with van der Waals surface area (Å²) in [5, 5.41) is 11.1. The van der Waals surface area contributed by atoms with E-state index in [0.29, 0.717) is 25.7 Å². The fraction of sp³-hybridized carbons (Fsp3) is 0.697. The van der Waals surface area contributed by atoms with E-state index >= 15 is 0 Å². The molecule has 2 heterocycles. The monoisotopic (exact) mass is 603 g/mol. The van der Waals surface area contributed by atoms with Gasteiger partial charge in [-0.2, -0.15) is 0 Å². The fourth-order valence-electron chi connectivity index (χ4n) is 6.72. The number of nitrogens with zero attached hydrogens (tertiary/aromatic N) is 1. The van der Waals surface area contributed by atoms with E-state index in [1.807, 2.05) is 38.2 Å². The summed E-state index contributed by atoms with van der Waals surface area (Å²) in [6.45, 7) is 7.85. The molecule has 5 unspecified atom stereocenters. The van der Waals surface area contributed by atoms with Gasteiger partial charge in [-0.15, -0.1) is 0 Å². The van der Waals surface area contributed by atoms with E-state index < -0.39 is 66.1 Å². The van der Waals surface area contributed by atoms with Crippen LogP contribution in [0.4, 0.5) is 0 Å². The van der Waals surface area contributed by atoms with Gasteiger partial charge in [0.25, 0.3) is 11.7 Å². The summed E-state index contributed by atoms with van der Waals surface area (Å²) in [4.78, 5) is 54.8. The van der Waals surface area contributed by atoms with E-state index in [-0.39, 0.29) is 24.2 Å². The van der Waals surface area contributed by atoms with E-state index in [4.69, 9.17) is 18.9 Å². The summed E-state index contributed by atoms with van der Waals surface area (Å²) >= 11 is 0. The molecular weight excluding hydrogens is 554 g/mol. The lowest BCUT2D eigenvalue weighted by Gasteiger charge is -2.45. The molecule has 0 spiro atoms. The van der Waals surface area contributed by atoms with Gasteiger partial charge in [-0.05, 0) is 56.4 Å². The number of piperidine rings is 1. The zero-order chi connectivity index (χ0) is 31.8. The Balaban J connectivity index is 2.01. The highest BCUT2D eigenvalue weighted by Gasteiger charge is 2.51. The van der Waals surface area contributed by atoms with E-state index in [9.17, 15) is 24.3 Å². The van der Waals surface area contributed by atoms with E-state index in [0.717, 1.165) is 12.0 Å². The van der Waals surface area contributed by atoms with Crippen LogP contribution in [-0.4, -0.2) is 97.9 Å². The molecule has 2 saturated heterocycles. The standard InChI is InChI=1S/C33H49NO9/c1-19-13-9-8-10-14-20(2)29(40-5)25(30(41-6)26(35)21(3)17-19)24-18-22(4)27(36)31(43-24)28(37)32(38)34-16-12-11-15-23(34)33(39)42-7/h8-10,13-14,19,21-25,27,29-31,36H,11-12,15-18H2,1-7H3/b10-8+,13-9-,20-14+/t19-,21+,22?,23?,24?,25?,27-,29+,30?,31-/m1/s1. The van der Waals surface area contributed by atoms with Gasteiger partial charge < -0.3 is 29.0 Å². The summed E-state index contributed by atoms with van der Waals surface area (Å²) < 4.78 is 23.1. The zero-order valence-corrected chi connectivity index (χ0v) is 26.6. The van der Waals surface area contributed by atoms with Crippen molar-refractivity contribution in [1.82, 2.24) is 4.90 Å². The van der Waals surface area contributed by atoms with Crippen LogP contribution >= 0.6 is 0 Å². The third-order valence-electron chi connectivity index (χ3n) is 9.12. The van der Waals surface area contributed by atoms with Crippen molar-refractivity contribution in [3.05, 3.63) is 36.0 Å². The average molecular weight is 604 g/mol. The van der Waals surface area contributed by atoms with Crippen molar-refractivity contribution in [2.75, 3.05) is 27.9 Å². The van der Waals surface area contributed by atoms with Crippen LogP contribution in [0.2, 0.25) is 0 Å². The van der Waals surface area contributed by atoms with Crippen molar-refractivity contribution in [1.29, 1.82) is 0 Å². The maximum absolute atomic E-state index is 13.9. The molecule has 10 nitrogen and oxygen atoms in total. The van der Waals surface area contributed by atoms with Crippen molar-refractivity contribution >= 4 is 23.4 Å². The number of aliphatic hydroxyl groups excluding tert-OH is 1. The minimum atomic E-state index is -1.48. The van der Waals surface area contributed by atoms with E-state index in [1.54, 1.807) is 14.0 Å². The topological polar surface area (TPSA) is 129 Å². The summed E-state index contributed by atoms with van der Waals surface area (Å²) in [5.74, 6) is -3.82. The number of carbonyl (C=O) groups is 4. The Labute approximate surface area is 255 Å². The van der Waals surface area contributed by atoms with Crippen LogP contribution in [-0.2, 0) is 38.1 Å². The van der Waals surface area contributed by atoms with Crippen LogP contribution in [0.15, 0.2) is 36.0 Å². The molecule has 10 heteroatoms. The number of Topliss-reactive ketones (excluding diaryl/α,β-unsaturated/α-hetero) is 2. The van der Waals surface area contributed by atoms with Crippen molar-refractivity contribution in [2.45, 2.75) is 96.4 Å². The number of hydrogen-bond donors (Lipinski definition) is 1. The second-order valence-electron chi connectivity index (χ2n) is 12.3. The van der Waals surface area contributed by atoms with Crippen LogP contribution in [0.5, 0.6) is 0 Å². The highest BCUT2D eigenvalue weighted by molar-refractivity contribution is 6.38. The number of amides is 1. The second kappa shape index (κ2) is 15.9. The molecule has 0 saturated carbocycles. The first kappa shape index (κ1) is 34.8. The number of rotatable bonds is 6. The molecule has 0 aromatic heterocycles. The number of esters is 1. The maximum atomic E-state index is 13.9. The summed E-state index contributed by atoms with van der Waals surface area (Å²) in [6, 6.07) is -0.868. The molecular formula is C33H49NO9. The van der Waals surface area contributed by atoms with Crippen LogP contribution in [0.3, 0.4) is 0 Å². The second-order valence-corrected chi connectivity index (χ2v) is 12.3. The summed E-state index contributed by atoms with van der Waals surface area (Å²) in [5.41, 5.74) is 0.822. The van der Waals surface area contributed by atoms with E-state index in [1.165, 1.54) is 19.1 Å². The largest absolute Gasteiger partial charge is 0.467 e. The lowest BCUT2D eigenvalue weighted by atomic mass is 9.75. The molecule has 1 aliphatic carbocycles. The number of hydrogen-bond acceptors (Lipinski definition) is 9. The molecule has 0 aromatic rings. The normalized spacial score (nSPS) is 38.8. The molecule has 1 amide bonds. The van der Waals surface area contributed by atoms with Gasteiger partial charge in [-0.25, -0.2) is 4.79 Å². The molecule has 0 bridgehead atoms. The SMILES string of the molecule is COC(=O)C1CCCCN1C(=O)C(=O)[C@@H]1OC(C2C(OC)C(=O)[C@@H](C)C[C@H](C)\C=C/C=C/C=C(\C)[C@@H]2OC)CC(C)[C@H]1O. The van der Waals surface area contributed by atoms with Crippen molar-refractivity contribution < 1.29 is 43.2 Å². The first-order valence-electron chi connectivity index (χ1n) is 15.3. The van der Waals surface area contributed by atoms with Gasteiger partial charge in [0.05, 0.1) is 25.4 Å². The number of allylic oxidation sites excluding steroid dienone is 5. The maximum Gasteiger partial charge on any atom is 0.328 e. The van der Waals surface area contributed by atoms with Gasteiger partial charge in [-0.1, -0.05) is 51.2 Å². The Morgan fingerprint density at radius 2 is 1.67 bits per heavy atom. The average Bonchev–Trinajstić information content (AvgIpc) is 3.00. The van der Waals surface area contributed by atoms with Gasteiger partial charge in [-0.3, -0.25) is 14.4 Å². The molecule has 2 aliphatic heterocycles. The molecule has 43 heavy (non-hydrogen) atoms. The minimum absolute atomic E-state index is 0.106. The number of aliphatic hydroxyl groups is 1. The van der Waals surface area contributed by atoms with Crippen LogP contribution in [0, 0.1) is 23.7 Å². The third-order valence-corrected chi connectivity index (χ3v) is 9.12. The Hall–Kier alpha value is -2.66. The van der Waals surface area contributed by atoms with Gasteiger partial charge in [0.2, 0.25) is 0 Å². The van der Waals surface area contributed by atoms with Gasteiger partial charge >= 0.3 is 5.97 Å². The molecule has 240 valence electrons. The first-order valence-corrected chi connectivity index (χ1v) is 15.3. The quantitative estimate of drug-likeness (QED) is 0.359. The Kier molecular flexibility index (Phi) is 12.9. The number of likely N-dealkylation sites (tertiary alicyclic amines) is 1. The molecule has 2 fully saturated rings. The Bertz CT molecular complexity index is 1100. The lowest BCUT2D eigenvalue weighted by molar-refractivity contribution is -0.195. The van der Waals surface area contributed by atoms with Crippen molar-refractivity contribution in [3.8, 4) is 0 Å². The zero-order valence-electron chi connectivity index (χ0n) is 26.6. The molecule has 0 aromatic carbocycles. The predicted octanol–water partition coefficient (Wildman–Crippen LogP) is 3.21. The smallest absolute Gasteiger partial charge is 0.328 e. The molecule has 1 N–H and O–H groups in total. The molecule has 0 radical (unpaired) electrons. The van der Waals surface area contributed by atoms with Crippen LogP contribution in [0.25, 0.3) is 0 Å². The molecule has 3 aliphatic rings. The third kappa shape index (κ3) is 8.09. The number of methoxy groups -OCH3 is 3. The molecule has 10 atom stereocenters. The van der Waals surface area contributed by atoms with Gasteiger partial charge in [0, 0.05) is 32.6 Å². The Morgan fingerprint density at radius 3 is 2.33 bits per heavy atom. The minimum Gasteiger partial charge on any atom is -0.467 e. The number of ketones is 2. The summed E-state index contributed by atoms with van der Waals surface area (Å²) in [6.07, 6.45) is 7.37. The number of ether oxygens (including phenoxy) is 4. The van der Waals surface area contributed by atoms with Gasteiger partial charge in [0.15, 0.2) is 11.9 Å². The predicted molar refractivity (Wildman–Crippen MR) is 160 cm³/mol. The highest BCUT2D eigenvalue weighted by Crippen LogP contribution is 2.38. The van der Waals surface area contributed by atoms with Crippen LogP contribution < -0.4 is 0 Å². The van der Waals surface area contributed by atoms with E-state index in [2.05, 4.69) is 13.0 Å². The molecule has 3 rings (SSSR count). The van der Waals surface area contributed by atoms with Gasteiger partial charge in [0.1, 0.15) is 12.1 Å². The van der Waals surface area contributed by atoms with Crippen molar-refractivity contribution in [3.63, 3.8) is 0 Å². The number of carbonyl (C=O) groups excluding carboxylic acids is 4. The van der Waals surface area contributed by atoms with Crippen molar-refractivity contribution in [2.24, 2.45) is 23.7 Å². The van der Waals surface area contributed by atoms with Crippen LogP contribution in [0.1, 0.15) is 59.8 Å². The summed E-state index contributed by atoms with van der Waals surface area (Å²) in [7, 11) is 4.28. The lowest BCUT2D eigenvalue weighted by Crippen LogP contribution is -2.59. The fourth-order valence-corrected chi connectivity index (χ4v) is 6.72. The highest BCUT2D eigenvalue weighted by atomic mass is 16.5.